The van der Waals surface area contributed by atoms with E-state index in [0.717, 1.165) is 30.1 Å². The predicted octanol–water partition coefficient (Wildman–Crippen LogP) is 4.64. The zero-order valence-electron chi connectivity index (χ0n) is 12.6. The van der Waals surface area contributed by atoms with Crippen molar-refractivity contribution in [3.63, 3.8) is 0 Å². The summed E-state index contributed by atoms with van der Waals surface area (Å²) in [6.07, 6.45) is 10.6. The molecule has 0 unspecified atom stereocenters. The van der Waals surface area contributed by atoms with Crippen molar-refractivity contribution in [2.24, 2.45) is 29.6 Å². The lowest BCUT2D eigenvalue weighted by Crippen LogP contribution is -2.32. The SMILES string of the molecule is CC(C)CCC[C@H](C)[C@H]1CC[C@@H]2[C@H]1CCC[C@@H]2O. The summed E-state index contributed by atoms with van der Waals surface area (Å²) < 4.78 is 0. The van der Waals surface area contributed by atoms with E-state index in [1.807, 2.05) is 0 Å². The second-order valence-corrected chi connectivity index (χ2v) is 7.37. The van der Waals surface area contributed by atoms with Crippen LogP contribution in [0, 0.1) is 29.6 Å². The summed E-state index contributed by atoms with van der Waals surface area (Å²) in [5, 5.41) is 10.1. The molecule has 2 aliphatic rings. The van der Waals surface area contributed by atoms with Crippen LogP contribution in [0.4, 0.5) is 0 Å². The zero-order chi connectivity index (χ0) is 13.1. The van der Waals surface area contributed by atoms with E-state index in [9.17, 15) is 5.11 Å². The van der Waals surface area contributed by atoms with Gasteiger partial charge >= 0.3 is 0 Å². The number of aliphatic hydroxyl groups excluding tert-OH is 1. The van der Waals surface area contributed by atoms with Gasteiger partial charge in [-0.1, -0.05) is 46.5 Å². The Morgan fingerprint density at radius 3 is 2.44 bits per heavy atom. The highest BCUT2D eigenvalue weighted by molar-refractivity contribution is 4.93. The van der Waals surface area contributed by atoms with Crippen molar-refractivity contribution in [2.45, 2.75) is 78.2 Å². The first-order chi connectivity index (χ1) is 8.59. The average molecular weight is 252 g/mol. The van der Waals surface area contributed by atoms with E-state index < -0.39 is 0 Å². The highest BCUT2D eigenvalue weighted by atomic mass is 16.3. The van der Waals surface area contributed by atoms with Crippen molar-refractivity contribution >= 4 is 0 Å². The first kappa shape index (κ1) is 14.4. The van der Waals surface area contributed by atoms with Gasteiger partial charge in [0.2, 0.25) is 0 Å². The summed E-state index contributed by atoms with van der Waals surface area (Å²) in [4.78, 5) is 0. The molecule has 1 heteroatoms. The second kappa shape index (κ2) is 6.41. The van der Waals surface area contributed by atoms with Gasteiger partial charge in [0.25, 0.3) is 0 Å². The van der Waals surface area contributed by atoms with Crippen LogP contribution in [-0.4, -0.2) is 11.2 Å². The van der Waals surface area contributed by atoms with E-state index in [0.29, 0.717) is 5.92 Å². The number of hydrogen-bond donors (Lipinski definition) is 1. The Kier molecular flexibility index (Phi) is 5.12. The van der Waals surface area contributed by atoms with Crippen LogP contribution in [0.3, 0.4) is 0 Å². The highest BCUT2D eigenvalue weighted by Gasteiger charge is 2.43. The topological polar surface area (TPSA) is 20.2 Å². The van der Waals surface area contributed by atoms with Crippen LogP contribution in [0.5, 0.6) is 0 Å². The minimum Gasteiger partial charge on any atom is -0.393 e. The van der Waals surface area contributed by atoms with Crippen molar-refractivity contribution in [3.05, 3.63) is 0 Å². The van der Waals surface area contributed by atoms with Gasteiger partial charge in [0.15, 0.2) is 0 Å². The molecule has 2 fully saturated rings. The first-order valence-corrected chi connectivity index (χ1v) is 8.27. The molecule has 0 aromatic rings. The molecule has 106 valence electrons. The fourth-order valence-electron chi connectivity index (χ4n) is 4.58. The first-order valence-electron chi connectivity index (χ1n) is 8.27. The third-order valence-corrected chi connectivity index (χ3v) is 5.64. The van der Waals surface area contributed by atoms with Gasteiger partial charge in [-0.2, -0.15) is 0 Å². The molecular weight excluding hydrogens is 220 g/mol. The Morgan fingerprint density at radius 1 is 0.944 bits per heavy atom. The maximum atomic E-state index is 10.1. The van der Waals surface area contributed by atoms with E-state index in [1.54, 1.807) is 0 Å². The fourth-order valence-corrected chi connectivity index (χ4v) is 4.58. The predicted molar refractivity (Wildman–Crippen MR) is 77.4 cm³/mol. The molecule has 2 saturated carbocycles. The normalized spacial score (nSPS) is 37.8. The third-order valence-electron chi connectivity index (χ3n) is 5.64. The van der Waals surface area contributed by atoms with Crippen LogP contribution < -0.4 is 0 Å². The van der Waals surface area contributed by atoms with Crippen molar-refractivity contribution < 1.29 is 5.11 Å². The monoisotopic (exact) mass is 252 g/mol. The van der Waals surface area contributed by atoms with Crippen LogP contribution in [0.2, 0.25) is 0 Å². The molecule has 2 rings (SSSR count). The molecule has 2 aliphatic carbocycles. The van der Waals surface area contributed by atoms with E-state index in [2.05, 4.69) is 20.8 Å². The summed E-state index contributed by atoms with van der Waals surface area (Å²) in [6, 6.07) is 0. The Bertz CT molecular complexity index is 248. The van der Waals surface area contributed by atoms with E-state index in [-0.39, 0.29) is 6.10 Å². The molecule has 1 N–H and O–H groups in total. The molecule has 0 bridgehead atoms. The molecule has 0 aliphatic heterocycles. The molecule has 5 atom stereocenters. The molecular formula is C17H32O. The second-order valence-electron chi connectivity index (χ2n) is 7.37. The van der Waals surface area contributed by atoms with Crippen LogP contribution in [0.1, 0.15) is 72.1 Å². The molecule has 0 aromatic carbocycles. The summed E-state index contributed by atoms with van der Waals surface area (Å²) in [5.74, 6) is 4.14. The number of rotatable bonds is 5. The fraction of sp³-hybridized carbons (Fsp3) is 1.00. The minimum atomic E-state index is 0.0246. The molecule has 0 amide bonds. The van der Waals surface area contributed by atoms with Crippen LogP contribution >= 0.6 is 0 Å². The minimum absolute atomic E-state index is 0.0246. The summed E-state index contributed by atoms with van der Waals surface area (Å²) >= 11 is 0. The lowest BCUT2D eigenvalue weighted by atomic mass is 9.72. The van der Waals surface area contributed by atoms with Gasteiger partial charge in [-0.05, 0) is 55.3 Å². The maximum absolute atomic E-state index is 10.1. The Hall–Kier alpha value is -0.0400. The van der Waals surface area contributed by atoms with Crippen molar-refractivity contribution in [1.82, 2.24) is 0 Å². The lowest BCUT2D eigenvalue weighted by molar-refractivity contribution is 0.0309. The lowest BCUT2D eigenvalue weighted by Gasteiger charge is -2.35. The van der Waals surface area contributed by atoms with E-state index in [4.69, 9.17) is 0 Å². The van der Waals surface area contributed by atoms with Gasteiger partial charge in [-0.25, -0.2) is 0 Å². The summed E-state index contributed by atoms with van der Waals surface area (Å²) in [5.41, 5.74) is 0. The molecule has 18 heavy (non-hydrogen) atoms. The van der Waals surface area contributed by atoms with Crippen molar-refractivity contribution in [2.75, 3.05) is 0 Å². The number of aliphatic hydroxyl groups is 1. The van der Waals surface area contributed by atoms with Gasteiger partial charge in [-0.3, -0.25) is 0 Å². The largest absolute Gasteiger partial charge is 0.393 e. The van der Waals surface area contributed by atoms with E-state index >= 15 is 0 Å². The van der Waals surface area contributed by atoms with Crippen LogP contribution in [-0.2, 0) is 0 Å². The molecule has 0 spiro atoms. The highest BCUT2D eigenvalue weighted by Crippen LogP contribution is 2.49. The molecule has 1 nitrogen and oxygen atoms in total. The van der Waals surface area contributed by atoms with Crippen LogP contribution in [0.25, 0.3) is 0 Å². The average Bonchev–Trinajstić information content (AvgIpc) is 2.73. The molecule has 0 saturated heterocycles. The Labute approximate surface area is 113 Å². The van der Waals surface area contributed by atoms with Gasteiger partial charge in [0.05, 0.1) is 6.10 Å². The van der Waals surface area contributed by atoms with Crippen molar-refractivity contribution in [1.29, 1.82) is 0 Å². The molecule has 0 aromatic heterocycles. The summed E-state index contributed by atoms with van der Waals surface area (Å²) in [6.45, 7) is 7.12. The van der Waals surface area contributed by atoms with Gasteiger partial charge in [0, 0.05) is 0 Å². The maximum Gasteiger partial charge on any atom is 0.0571 e. The molecule has 0 heterocycles. The standard InChI is InChI=1S/C17H32O/c1-12(2)6-4-7-13(3)14-10-11-16-15(14)8-5-9-17(16)18/h12-18H,4-11H2,1-3H3/t13-,14+,15-,16+,17-/m0/s1. The Morgan fingerprint density at radius 2 is 1.72 bits per heavy atom. The Balaban J connectivity index is 1.82. The number of fused-ring (bicyclic) bond motifs is 1. The smallest absolute Gasteiger partial charge is 0.0571 e. The van der Waals surface area contributed by atoms with E-state index in [1.165, 1.54) is 44.9 Å². The number of hydrogen-bond acceptors (Lipinski definition) is 1. The summed E-state index contributed by atoms with van der Waals surface area (Å²) in [7, 11) is 0. The van der Waals surface area contributed by atoms with Crippen LogP contribution in [0.15, 0.2) is 0 Å². The third kappa shape index (κ3) is 3.29. The van der Waals surface area contributed by atoms with Crippen molar-refractivity contribution in [3.8, 4) is 0 Å². The van der Waals surface area contributed by atoms with Gasteiger partial charge in [0.1, 0.15) is 0 Å². The quantitative estimate of drug-likeness (QED) is 0.756. The zero-order valence-corrected chi connectivity index (χ0v) is 12.6. The molecule has 0 radical (unpaired) electrons. The van der Waals surface area contributed by atoms with Gasteiger partial charge in [-0.15, -0.1) is 0 Å². The van der Waals surface area contributed by atoms with Gasteiger partial charge < -0.3 is 5.11 Å².